The molecule has 0 aliphatic carbocycles. The van der Waals surface area contributed by atoms with Crippen LogP contribution in [0.25, 0.3) is 0 Å². The minimum absolute atomic E-state index is 0.0313. The first-order valence-corrected chi connectivity index (χ1v) is 4.99. The summed E-state index contributed by atoms with van der Waals surface area (Å²) >= 11 is 0. The molecule has 0 aromatic heterocycles. The number of hydrogen-bond acceptors (Lipinski definition) is 2. The Labute approximate surface area is 85.5 Å². The van der Waals surface area contributed by atoms with Crippen molar-refractivity contribution in [2.75, 3.05) is 0 Å². The Balaban J connectivity index is 2.78. The van der Waals surface area contributed by atoms with Crippen molar-refractivity contribution in [3.63, 3.8) is 0 Å². The third-order valence-electron chi connectivity index (χ3n) is 2.08. The second kappa shape index (κ2) is 5.13. The Morgan fingerprint density at radius 1 is 1.07 bits per heavy atom. The lowest BCUT2D eigenvalue weighted by molar-refractivity contribution is -0.138. The lowest BCUT2D eigenvalue weighted by Crippen LogP contribution is -2.17. The van der Waals surface area contributed by atoms with E-state index in [0.717, 1.165) is 5.56 Å². The molecule has 0 spiro atoms. The molecule has 1 rings (SSSR count). The van der Waals surface area contributed by atoms with Crippen molar-refractivity contribution < 1.29 is 9.84 Å². The Hall–Kier alpha value is -0.860. The lowest BCUT2D eigenvalue weighted by Gasteiger charge is -2.23. The van der Waals surface area contributed by atoms with E-state index in [1.165, 1.54) is 0 Å². The van der Waals surface area contributed by atoms with Crippen molar-refractivity contribution >= 4 is 0 Å². The monoisotopic (exact) mass is 194 g/mol. The summed E-state index contributed by atoms with van der Waals surface area (Å²) in [7, 11) is 0. The van der Waals surface area contributed by atoms with Crippen molar-refractivity contribution in [3.8, 4) is 0 Å². The van der Waals surface area contributed by atoms with Gasteiger partial charge in [0.05, 0.1) is 6.10 Å². The Morgan fingerprint density at radius 3 is 2.07 bits per heavy atom. The Kier molecular flexibility index (Phi) is 4.11. The fourth-order valence-corrected chi connectivity index (χ4v) is 1.48. The summed E-state index contributed by atoms with van der Waals surface area (Å²) in [6.45, 7) is 5.80. The molecule has 1 aromatic carbocycles. The van der Waals surface area contributed by atoms with Crippen LogP contribution in [0.15, 0.2) is 30.3 Å². The first kappa shape index (κ1) is 11.2. The Morgan fingerprint density at radius 2 is 1.64 bits per heavy atom. The van der Waals surface area contributed by atoms with Crippen LogP contribution in [-0.2, 0) is 4.74 Å². The fourth-order valence-electron chi connectivity index (χ4n) is 1.48. The van der Waals surface area contributed by atoms with E-state index in [1.54, 1.807) is 6.92 Å². The van der Waals surface area contributed by atoms with Gasteiger partial charge >= 0.3 is 0 Å². The summed E-state index contributed by atoms with van der Waals surface area (Å²) < 4.78 is 5.45. The summed E-state index contributed by atoms with van der Waals surface area (Å²) in [6.07, 6.45) is -0.751. The maximum atomic E-state index is 9.21. The van der Waals surface area contributed by atoms with E-state index in [9.17, 15) is 5.11 Å². The zero-order valence-electron chi connectivity index (χ0n) is 8.97. The van der Waals surface area contributed by atoms with E-state index in [0.29, 0.717) is 5.92 Å². The van der Waals surface area contributed by atoms with Gasteiger partial charge in [-0.1, -0.05) is 44.2 Å². The van der Waals surface area contributed by atoms with Crippen LogP contribution in [-0.4, -0.2) is 11.4 Å². The lowest BCUT2D eigenvalue weighted by atomic mass is 9.99. The van der Waals surface area contributed by atoms with E-state index in [1.807, 2.05) is 30.3 Å². The second-order valence-corrected chi connectivity index (χ2v) is 3.81. The number of benzene rings is 1. The molecule has 0 bridgehead atoms. The highest BCUT2D eigenvalue weighted by atomic mass is 16.6. The summed E-state index contributed by atoms with van der Waals surface area (Å²) in [4.78, 5) is 0. The molecule has 0 fully saturated rings. The minimum Gasteiger partial charge on any atom is -0.368 e. The topological polar surface area (TPSA) is 29.5 Å². The largest absolute Gasteiger partial charge is 0.368 e. The van der Waals surface area contributed by atoms with Gasteiger partial charge in [0.15, 0.2) is 6.29 Å². The van der Waals surface area contributed by atoms with Gasteiger partial charge in [-0.3, -0.25) is 0 Å². The molecular weight excluding hydrogens is 176 g/mol. The molecule has 0 saturated heterocycles. The molecule has 1 N–H and O–H groups in total. The van der Waals surface area contributed by atoms with Crippen LogP contribution in [0.1, 0.15) is 32.4 Å². The smallest absolute Gasteiger partial charge is 0.152 e. The molecule has 0 saturated carbocycles. The first-order valence-electron chi connectivity index (χ1n) is 4.99. The summed E-state index contributed by atoms with van der Waals surface area (Å²) in [5.41, 5.74) is 1.11. The molecule has 0 aliphatic heterocycles. The van der Waals surface area contributed by atoms with E-state index in [-0.39, 0.29) is 6.10 Å². The number of aliphatic hydroxyl groups excluding tert-OH is 1. The maximum absolute atomic E-state index is 9.21. The van der Waals surface area contributed by atoms with Gasteiger partial charge < -0.3 is 9.84 Å². The van der Waals surface area contributed by atoms with Crippen molar-refractivity contribution in [3.05, 3.63) is 35.9 Å². The van der Waals surface area contributed by atoms with Gasteiger partial charge in [0.2, 0.25) is 0 Å². The van der Waals surface area contributed by atoms with Gasteiger partial charge in [0.1, 0.15) is 0 Å². The van der Waals surface area contributed by atoms with Crippen molar-refractivity contribution in [2.45, 2.75) is 33.2 Å². The molecule has 78 valence electrons. The van der Waals surface area contributed by atoms with Gasteiger partial charge in [-0.2, -0.15) is 0 Å². The summed E-state index contributed by atoms with van der Waals surface area (Å²) in [5, 5.41) is 9.21. The van der Waals surface area contributed by atoms with E-state index >= 15 is 0 Å². The Bertz CT molecular complexity index is 254. The molecule has 0 amide bonds. The second-order valence-electron chi connectivity index (χ2n) is 3.81. The number of rotatable bonds is 4. The standard InChI is InChI=1S/C12H18O2/c1-9(2)12(14-10(3)13)11-7-5-4-6-8-11/h4-10,12-13H,1-3H3. The van der Waals surface area contributed by atoms with Crippen LogP contribution < -0.4 is 0 Å². The summed E-state index contributed by atoms with van der Waals surface area (Å²) in [6, 6.07) is 9.98. The molecule has 0 heterocycles. The van der Waals surface area contributed by atoms with E-state index < -0.39 is 6.29 Å². The quantitative estimate of drug-likeness (QED) is 0.747. The summed E-state index contributed by atoms with van der Waals surface area (Å²) in [5.74, 6) is 0.354. The van der Waals surface area contributed by atoms with E-state index in [4.69, 9.17) is 4.74 Å². The molecule has 2 atom stereocenters. The van der Waals surface area contributed by atoms with Gasteiger partial charge in [0.25, 0.3) is 0 Å². The van der Waals surface area contributed by atoms with E-state index in [2.05, 4.69) is 13.8 Å². The number of hydrogen-bond donors (Lipinski definition) is 1. The predicted octanol–water partition coefficient (Wildman–Crippen LogP) is 2.74. The normalized spacial score (nSPS) is 15.5. The zero-order valence-corrected chi connectivity index (χ0v) is 8.97. The molecule has 1 aromatic rings. The van der Waals surface area contributed by atoms with Crippen molar-refractivity contribution in [1.82, 2.24) is 0 Å². The zero-order chi connectivity index (χ0) is 10.6. The molecule has 0 aliphatic rings. The minimum atomic E-state index is -0.720. The molecule has 2 heteroatoms. The average molecular weight is 194 g/mol. The third kappa shape index (κ3) is 3.13. The van der Waals surface area contributed by atoms with Crippen molar-refractivity contribution in [2.24, 2.45) is 5.92 Å². The maximum Gasteiger partial charge on any atom is 0.152 e. The van der Waals surface area contributed by atoms with Gasteiger partial charge in [-0.15, -0.1) is 0 Å². The molecule has 2 unspecified atom stereocenters. The average Bonchev–Trinajstić information content (AvgIpc) is 2.15. The van der Waals surface area contributed by atoms with Crippen LogP contribution in [0.2, 0.25) is 0 Å². The van der Waals surface area contributed by atoms with Crippen LogP contribution in [0, 0.1) is 5.92 Å². The molecule has 14 heavy (non-hydrogen) atoms. The molecule has 0 radical (unpaired) electrons. The molecule has 2 nitrogen and oxygen atoms in total. The third-order valence-corrected chi connectivity index (χ3v) is 2.08. The fraction of sp³-hybridized carbons (Fsp3) is 0.500. The number of ether oxygens (including phenoxy) is 1. The van der Waals surface area contributed by atoms with Crippen LogP contribution in [0.5, 0.6) is 0 Å². The van der Waals surface area contributed by atoms with Crippen molar-refractivity contribution in [1.29, 1.82) is 0 Å². The predicted molar refractivity (Wildman–Crippen MR) is 56.8 cm³/mol. The SMILES string of the molecule is CC(O)OC(c1ccccc1)C(C)C. The van der Waals surface area contributed by atoms with Gasteiger partial charge in [-0.05, 0) is 18.4 Å². The highest BCUT2D eigenvalue weighted by molar-refractivity contribution is 5.18. The van der Waals surface area contributed by atoms with Crippen LogP contribution in [0.3, 0.4) is 0 Å². The molecular formula is C12H18O2. The van der Waals surface area contributed by atoms with Gasteiger partial charge in [-0.25, -0.2) is 0 Å². The van der Waals surface area contributed by atoms with Gasteiger partial charge in [0, 0.05) is 0 Å². The highest BCUT2D eigenvalue weighted by Crippen LogP contribution is 2.26. The number of aliphatic hydroxyl groups is 1. The first-order chi connectivity index (χ1) is 6.61. The highest BCUT2D eigenvalue weighted by Gasteiger charge is 2.17. The van der Waals surface area contributed by atoms with Crippen LogP contribution >= 0.6 is 0 Å². The van der Waals surface area contributed by atoms with Crippen LogP contribution in [0.4, 0.5) is 0 Å².